The highest BCUT2D eigenvalue weighted by Crippen LogP contribution is 2.23. The van der Waals surface area contributed by atoms with Gasteiger partial charge in [0.2, 0.25) is 0 Å². The fourth-order valence-electron chi connectivity index (χ4n) is 5.28. The second-order valence-corrected chi connectivity index (χ2v) is 10.8. The van der Waals surface area contributed by atoms with E-state index in [2.05, 4.69) is 43.0 Å². The van der Waals surface area contributed by atoms with E-state index in [4.69, 9.17) is 0 Å². The summed E-state index contributed by atoms with van der Waals surface area (Å²) in [6.45, 7) is 9.43. The molecule has 0 aliphatic carbocycles. The van der Waals surface area contributed by atoms with Crippen LogP contribution in [0.15, 0.2) is 12.4 Å². The maximum atomic E-state index is 2.67. The number of nitrogens with zero attached hydrogens (tertiary/aromatic N) is 2. The lowest BCUT2D eigenvalue weighted by Crippen LogP contribution is -2.39. The van der Waals surface area contributed by atoms with Crippen LogP contribution in [0.4, 0.5) is 0 Å². The van der Waals surface area contributed by atoms with Crippen LogP contribution < -0.4 is 0 Å². The van der Waals surface area contributed by atoms with Crippen LogP contribution in [0.5, 0.6) is 0 Å². The second-order valence-electron chi connectivity index (χ2n) is 10.8. The number of hydrogen-bond donors (Lipinski definition) is 0. The summed E-state index contributed by atoms with van der Waals surface area (Å²) in [6.07, 6.45) is 38.1. The summed E-state index contributed by atoms with van der Waals surface area (Å²) >= 11 is 0. The molecule has 0 saturated heterocycles. The first kappa shape index (κ1) is 30.4. The second kappa shape index (κ2) is 23.1. The van der Waals surface area contributed by atoms with E-state index in [1.54, 1.807) is 0 Å². The zero-order valence-corrected chi connectivity index (χ0v) is 23.3. The van der Waals surface area contributed by atoms with E-state index >= 15 is 0 Å². The predicted octanol–water partition coefficient (Wildman–Crippen LogP) is 10.4. The smallest absolute Gasteiger partial charge is 0.101 e. The summed E-state index contributed by atoms with van der Waals surface area (Å²) in [7, 11) is 0. The first-order valence-corrected chi connectivity index (χ1v) is 15.5. The molecule has 0 aromatic rings. The zero-order valence-electron chi connectivity index (χ0n) is 23.3. The maximum absolute atomic E-state index is 2.67. The first-order valence-electron chi connectivity index (χ1n) is 15.5. The minimum atomic E-state index is 0.643. The van der Waals surface area contributed by atoms with Crippen LogP contribution in [0.25, 0.3) is 0 Å². The molecule has 1 unspecified atom stereocenters. The van der Waals surface area contributed by atoms with Crippen molar-refractivity contribution in [1.29, 1.82) is 0 Å². The van der Waals surface area contributed by atoms with Crippen LogP contribution in [0.1, 0.15) is 168 Å². The Labute approximate surface area is 210 Å². The van der Waals surface area contributed by atoms with Crippen molar-refractivity contribution in [2.75, 3.05) is 13.1 Å². The lowest BCUT2D eigenvalue weighted by molar-refractivity contribution is 0.136. The maximum Gasteiger partial charge on any atom is 0.101 e. The van der Waals surface area contributed by atoms with E-state index in [9.17, 15) is 0 Å². The third kappa shape index (κ3) is 16.6. The third-order valence-electron chi connectivity index (χ3n) is 7.57. The molecule has 0 aromatic carbocycles. The van der Waals surface area contributed by atoms with E-state index in [1.165, 1.54) is 161 Å². The molecule has 0 aromatic heterocycles. The first-order chi connectivity index (χ1) is 16.3. The van der Waals surface area contributed by atoms with Crippen molar-refractivity contribution in [3.8, 4) is 0 Å². The Hall–Kier alpha value is -0.660. The van der Waals surface area contributed by atoms with Crippen LogP contribution in [0.2, 0.25) is 0 Å². The Morgan fingerprint density at radius 3 is 1.15 bits per heavy atom. The van der Waals surface area contributed by atoms with Gasteiger partial charge in [-0.15, -0.1) is 0 Å². The molecule has 33 heavy (non-hydrogen) atoms. The summed E-state index contributed by atoms with van der Waals surface area (Å²) in [5.41, 5.74) is 0. The number of hydrogen-bond acceptors (Lipinski definition) is 2. The molecule has 0 N–H and O–H groups in total. The van der Waals surface area contributed by atoms with Crippen molar-refractivity contribution in [3.63, 3.8) is 0 Å². The van der Waals surface area contributed by atoms with Crippen LogP contribution in [0.3, 0.4) is 0 Å². The van der Waals surface area contributed by atoms with E-state index in [-0.39, 0.29) is 0 Å². The van der Waals surface area contributed by atoms with Gasteiger partial charge in [0.1, 0.15) is 6.17 Å². The SMILES string of the molecule is CCCCCCCCCCCCCCN1C=CN(CCCC)C1CCCCCCCCCC. The normalized spacial score (nSPS) is 15.8. The highest BCUT2D eigenvalue weighted by Gasteiger charge is 2.24. The largest absolute Gasteiger partial charge is 0.356 e. The monoisotopic (exact) mass is 462 g/mol. The van der Waals surface area contributed by atoms with Gasteiger partial charge >= 0.3 is 0 Å². The van der Waals surface area contributed by atoms with E-state index in [0.29, 0.717) is 6.17 Å². The van der Waals surface area contributed by atoms with Gasteiger partial charge in [0.05, 0.1) is 0 Å². The Morgan fingerprint density at radius 1 is 0.394 bits per heavy atom. The number of rotatable bonds is 25. The summed E-state index contributed by atoms with van der Waals surface area (Å²) in [4.78, 5) is 5.32. The van der Waals surface area contributed by atoms with Crippen molar-refractivity contribution in [1.82, 2.24) is 9.80 Å². The molecule has 2 nitrogen and oxygen atoms in total. The highest BCUT2D eigenvalue weighted by molar-refractivity contribution is 4.96. The van der Waals surface area contributed by atoms with Crippen LogP contribution in [-0.2, 0) is 0 Å². The van der Waals surface area contributed by atoms with E-state index in [0.717, 1.165) is 0 Å². The predicted molar refractivity (Wildman–Crippen MR) is 150 cm³/mol. The molecule has 196 valence electrons. The summed E-state index contributed by atoms with van der Waals surface area (Å²) in [5, 5.41) is 0. The van der Waals surface area contributed by atoms with E-state index in [1.807, 2.05) is 0 Å². The van der Waals surface area contributed by atoms with E-state index < -0.39 is 0 Å². The Bertz CT molecular complexity index is 419. The lowest BCUT2D eigenvalue weighted by atomic mass is 10.0. The lowest BCUT2D eigenvalue weighted by Gasteiger charge is -2.33. The standard InChI is InChI=1S/C31H62N2/c1-4-7-10-12-14-16-17-18-19-21-23-25-28-33-30-29-32(27-9-6-3)31(33)26-24-22-20-15-13-11-8-5-2/h29-31H,4-28H2,1-3H3. The van der Waals surface area contributed by atoms with Crippen molar-refractivity contribution in [2.45, 2.75) is 175 Å². The minimum Gasteiger partial charge on any atom is -0.356 e. The Kier molecular flexibility index (Phi) is 21.3. The fraction of sp³-hybridized carbons (Fsp3) is 0.935. The van der Waals surface area contributed by atoms with Gasteiger partial charge in [0.25, 0.3) is 0 Å². The molecular formula is C31H62N2. The molecule has 0 fully saturated rings. The zero-order chi connectivity index (χ0) is 23.8. The summed E-state index contributed by atoms with van der Waals surface area (Å²) < 4.78 is 0. The topological polar surface area (TPSA) is 6.48 Å². The highest BCUT2D eigenvalue weighted by atomic mass is 15.4. The molecule has 0 spiro atoms. The molecule has 0 radical (unpaired) electrons. The molecule has 1 aliphatic rings. The molecule has 1 heterocycles. The van der Waals surface area contributed by atoms with Gasteiger partial charge in [-0.1, -0.05) is 143 Å². The van der Waals surface area contributed by atoms with Crippen molar-refractivity contribution in [3.05, 3.63) is 12.4 Å². The van der Waals surface area contributed by atoms with Crippen molar-refractivity contribution in [2.24, 2.45) is 0 Å². The van der Waals surface area contributed by atoms with Gasteiger partial charge in [-0.05, 0) is 25.7 Å². The molecule has 1 aliphatic heterocycles. The van der Waals surface area contributed by atoms with Gasteiger partial charge < -0.3 is 9.80 Å². The molecule has 2 heteroatoms. The minimum absolute atomic E-state index is 0.643. The molecule has 0 amide bonds. The molecule has 1 rings (SSSR count). The Balaban J connectivity index is 2.11. The van der Waals surface area contributed by atoms with Crippen molar-refractivity contribution < 1.29 is 0 Å². The Morgan fingerprint density at radius 2 is 0.727 bits per heavy atom. The number of unbranched alkanes of at least 4 members (excludes halogenated alkanes) is 19. The van der Waals surface area contributed by atoms with Gasteiger partial charge in [0, 0.05) is 25.5 Å². The van der Waals surface area contributed by atoms with Crippen molar-refractivity contribution >= 4 is 0 Å². The summed E-state index contributed by atoms with van der Waals surface area (Å²) in [6, 6.07) is 0. The molecule has 1 atom stereocenters. The van der Waals surface area contributed by atoms with Crippen LogP contribution in [-0.4, -0.2) is 29.1 Å². The average Bonchev–Trinajstić information content (AvgIpc) is 3.21. The molecular weight excluding hydrogens is 400 g/mol. The fourth-order valence-corrected chi connectivity index (χ4v) is 5.28. The van der Waals surface area contributed by atoms with Crippen LogP contribution in [0, 0.1) is 0 Å². The van der Waals surface area contributed by atoms with Gasteiger partial charge in [-0.2, -0.15) is 0 Å². The molecule has 0 bridgehead atoms. The van der Waals surface area contributed by atoms with Crippen LogP contribution >= 0.6 is 0 Å². The quantitative estimate of drug-likeness (QED) is 0.124. The van der Waals surface area contributed by atoms with Gasteiger partial charge in [-0.3, -0.25) is 0 Å². The third-order valence-corrected chi connectivity index (χ3v) is 7.57. The summed E-state index contributed by atoms with van der Waals surface area (Å²) in [5.74, 6) is 0. The average molecular weight is 463 g/mol. The van der Waals surface area contributed by atoms with Gasteiger partial charge in [0.15, 0.2) is 0 Å². The van der Waals surface area contributed by atoms with Gasteiger partial charge in [-0.25, -0.2) is 0 Å². The molecule has 0 saturated carbocycles.